The molecule has 0 unspecified atom stereocenters. The third kappa shape index (κ3) is 2.41. The Morgan fingerprint density at radius 2 is 2.16 bits per heavy atom. The number of nitrogens with zero attached hydrogens (tertiary/aromatic N) is 1. The molecule has 0 radical (unpaired) electrons. The summed E-state index contributed by atoms with van der Waals surface area (Å²) in [4.78, 5) is 25.9. The summed E-state index contributed by atoms with van der Waals surface area (Å²) >= 11 is 0. The summed E-state index contributed by atoms with van der Waals surface area (Å²) in [6.07, 6.45) is 6.87. The largest absolute Gasteiger partial charge is 0.493 e. The number of fused-ring (bicyclic) bond motifs is 1. The Morgan fingerprint density at radius 3 is 2.80 bits per heavy atom. The number of carbonyl (C=O) groups excluding carboxylic acids is 2. The van der Waals surface area contributed by atoms with Crippen molar-refractivity contribution in [1.82, 2.24) is 4.90 Å². The molecular weight excluding hydrogens is 318 g/mol. The van der Waals surface area contributed by atoms with Crippen LogP contribution in [-0.2, 0) is 21.4 Å². The van der Waals surface area contributed by atoms with Crippen LogP contribution in [0.25, 0.3) is 0 Å². The zero-order valence-corrected chi connectivity index (χ0v) is 14.9. The second-order valence-corrected chi connectivity index (χ2v) is 7.36. The molecule has 3 aliphatic rings. The van der Waals surface area contributed by atoms with Gasteiger partial charge in [-0.1, -0.05) is 6.08 Å². The van der Waals surface area contributed by atoms with Gasteiger partial charge in [-0.3, -0.25) is 14.5 Å². The van der Waals surface area contributed by atoms with Gasteiger partial charge in [0.2, 0.25) is 0 Å². The number of ketones is 1. The van der Waals surface area contributed by atoms with Gasteiger partial charge in [0.1, 0.15) is 0 Å². The van der Waals surface area contributed by atoms with E-state index >= 15 is 0 Å². The lowest BCUT2D eigenvalue weighted by molar-refractivity contribution is -0.132. The molecule has 0 saturated carbocycles. The number of hydrogen-bond acceptors (Lipinski definition) is 5. The number of likely N-dealkylation sites (N-methyl/N-ethyl adjacent to an activating group) is 1. The normalized spacial score (nSPS) is 27.5. The number of allylic oxidation sites excluding steroid dienone is 2. The molecule has 0 saturated heterocycles. The van der Waals surface area contributed by atoms with E-state index in [0.717, 1.165) is 31.4 Å². The van der Waals surface area contributed by atoms with Crippen LogP contribution in [0.4, 0.5) is 0 Å². The smallest absolute Gasteiger partial charge is 0.308 e. The van der Waals surface area contributed by atoms with E-state index in [1.807, 2.05) is 12.1 Å². The lowest BCUT2D eigenvalue weighted by atomic mass is 9.73. The van der Waals surface area contributed by atoms with Crippen molar-refractivity contribution in [2.24, 2.45) is 0 Å². The van der Waals surface area contributed by atoms with Crippen molar-refractivity contribution >= 4 is 11.8 Å². The third-order valence-electron chi connectivity index (χ3n) is 5.90. The Kier molecular flexibility index (Phi) is 3.72. The quantitative estimate of drug-likeness (QED) is 0.611. The highest BCUT2D eigenvalue weighted by atomic mass is 16.6. The zero-order valence-electron chi connectivity index (χ0n) is 14.9. The average molecular weight is 341 g/mol. The summed E-state index contributed by atoms with van der Waals surface area (Å²) in [5.41, 5.74) is 3.33. The van der Waals surface area contributed by atoms with Gasteiger partial charge in [0.15, 0.2) is 17.3 Å². The predicted molar refractivity (Wildman–Crippen MR) is 93.1 cm³/mol. The van der Waals surface area contributed by atoms with Gasteiger partial charge in [0.25, 0.3) is 0 Å². The van der Waals surface area contributed by atoms with Gasteiger partial charge in [-0.25, -0.2) is 0 Å². The summed E-state index contributed by atoms with van der Waals surface area (Å²) in [5, 5.41) is 0. The van der Waals surface area contributed by atoms with E-state index in [-0.39, 0.29) is 23.2 Å². The first-order valence-corrected chi connectivity index (χ1v) is 8.80. The fraction of sp³-hybridized carbons (Fsp3) is 0.500. The van der Waals surface area contributed by atoms with Crippen molar-refractivity contribution in [2.45, 2.75) is 44.1 Å². The van der Waals surface area contributed by atoms with E-state index in [4.69, 9.17) is 9.47 Å². The number of rotatable bonds is 2. The van der Waals surface area contributed by atoms with E-state index in [1.54, 1.807) is 13.2 Å². The van der Waals surface area contributed by atoms with Gasteiger partial charge >= 0.3 is 5.97 Å². The predicted octanol–water partition coefficient (Wildman–Crippen LogP) is 2.71. The van der Waals surface area contributed by atoms with Crippen LogP contribution in [0.1, 0.15) is 48.9 Å². The van der Waals surface area contributed by atoms with Gasteiger partial charge in [-0.2, -0.15) is 0 Å². The molecule has 5 nitrogen and oxygen atoms in total. The molecule has 25 heavy (non-hydrogen) atoms. The number of hydrogen-bond donors (Lipinski definition) is 0. The minimum Gasteiger partial charge on any atom is -0.493 e. The molecule has 1 spiro atoms. The van der Waals surface area contributed by atoms with E-state index in [9.17, 15) is 9.59 Å². The van der Waals surface area contributed by atoms with Gasteiger partial charge in [-0.15, -0.1) is 0 Å². The van der Waals surface area contributed by atoms with Crippen LogP contribution in [0, 0.1) is 0 Å². The van der Waals surface area contributed by atoms with Crippen LogP contribution in [0.2, 0.25) is 0 Å². The number of carbonyl (C=O) groups is 2. The number of ether oxygens (including phenoxy) is 2. The van der Waals surface area contributed by atoms with Crippen LogP contribution in [-0.4, -0.2) is 37.4 Å². The summed E-state index contributed by atoms with van der Waals surface area (Å²) in [5.74, 6) is 0.952. The maximum absolute atomic E-state index is 11.8. The van der Waals surface area contributed by atoms with Gasteiger partial charge in [0.05, 0.1) is 7.11 Å². The van der Waals surface area contributed by atoms with Gasteiger partial charge in [-0.05, 0) is 49.6 Å². The van der Waals surface area contributed by atoms with Crippen LogP contribution in [0.15, 0.2) is 18.2 Å². The number of methoxy groups -OCH3 is 1. The Morgan fingerprint density at radius 1 is 1.36 bits per heavy atom. The minimum absolute atomic E-state index is 0.163. The monoisotopic (exact) mass is 341 g/mol. The SMILES string of the molecule is COc1cc2c3c(c1OC(C)=O)[C@]1(C=CC(=O)CC1)C[C@@H]3N(C)CC2. The average Bonchev–Trinajstić information content (AvgIpc) is 2.92. The lowest BCUT2D eigenvalue weighted by Gasteiger charge is -2.32. The molecule has 4 rings (SSSR count). The molecule has 2 atom stereocenters. The van der Waals surface area contributed by atoms with Crippen molar-refractivity contribution in [3.05, 3.63) is 34.9 Å². The van der Waals surface area contributed by atoms with Crippen LogP contribution in [0.5, 0.6) is 11.5 Å². The molecule has 0 N–H and O–H groups in total. The molecule has 1 aromatic rings. The zero-order chi connectivity index (χ0) is 17.8. The fourth-order valence-electron chi connectivity index (χ4n) is 4.71. The highest BCUT2D eigenvalue weighted by Gasteiger charge is 2.50. The summed E-state index contributed by atoms with van der Waals surface area (Å²) in [6, 6.07) is 2.31. The summed E-state index contributed by atoms with van der Waals surface area (Å²) in [6.45, 7) is 2.41. The molecule has 5 heteroatoms. The van der Waals surface area contributed by atoms with E-state index in [0.29, 0.717) is 17.9 Å². The third-order valence-corrected chi connectivity index (χ3v) is 5.90. The molecule has 1 aliphatic heterocycles. The Bertz CT molecular complexity index is 797. The number of esters is 1. The van der Waals surface area contributed by atoms with Gasteiger partial charge < -0.3 is 9.47 Å². The van der Waals surface area contributed by atoms with Crippen molar-refractivity contribution in [2.75, 3.05) is 20.7 Å². The van der Waals surface area contributed by atoms with Crippen molar-refractivity contribution in [3.8, 4) is 11.5 Å². The van der Waals surface area contributed by atoms with E-state index < -0.39 is 0 Å². The molecular formula is C20H23NO4. The lowest BCUT2D eigenvalue weighted by Crippen LogP contribution is -2.31. The summed E-state index contributed by atoms with van der Waals surface area (Å²) in [7, 11) is 3.75. The standard InChI is InChI=1S/C20H23NO4/c1-12(22)25-19-16(24-3)10-13-6-9-21(2)15-11-20(18(19)17(13)15)7-4-14(23)5-8-20/h4,7,10,15H,5-6,8-9,11H2,1-3H3/t15-,20-/m0/s1. The van der Waals surface area contributed by atoms with Crippen molar-refractivity contribution in [3.63, 3.8) is 0 Å². The molecule has 1 heterocycles. The maximum atomic E-state index is 11.8. The Hall–Kier alpha value is -2.14. The molecule has 0 fully saturated rings. The Labute approximate surface area is 147 Å². The first-order valence-electron chi connectivity index (χ1n) is 8.80. The Balaban J connectivity index is 2.00. The molecule has 1 aromatic carbocycles. The van der Waals surface area contributed by atoms with E-state index in [1.165, 1.54) is 18.1 Å². The highest BCUT2D eigenvalue weighted by molar-refractivity contribution is 5.91. The molecule has 0 amide bonds. The second kappa shape index (κ2) is 5.70. The fourth-order valence-corrected chi connectivity index (χ4v) is 4.71. The first-order chi connectivity index (χ1) is 11.9. The molecule has 0 bridgehead atoms. The number of benzene rings is 1. The van der Waals surface area contributed by atoms with Crippen LogP contribution >= 0.6 is 0 Å². The van der Waals surface area contributed by atoms with Crippen LogP contribution < -0.4 is 9.47 Å². The topological polar surface area (TPSA) is 55.8 Å². The molecule has 2 aliphatic carbocycles. The van der Waals surface area contributed by atoms with Gasteiger partial charge in [0, 0.05) is 36.9 Å². The highest BCUT2D eigenvalue weighted by Crippen LogP contribution is 2.59. The minimum atomic E-state index is -0.354. The van der Waals surface area contributed by atoms with Crippen molar-refractivity contribution in [1.29, 1.82) is 0 Å². The second-order valence-electron chi connectivity index (χ2n) is 7.36. The van der Waals surface area contributed by atoms with E-state index in [2.05, 4.69) is 11.9 Å². The first kappa shape index (κ1) is 16.3. The molecule has 132 valence electrons. The molecule has 0 aromatic heterocycles. The maximum Gasteiger partial charge on any atom is 0.308 e. The van der Waals surface area contributed by atoms with Crippen LogP contribution in [0.3, 0.4) is 0 Å². The summed E-state index contributed by atoms with van der Waals surface area (Å²) < 4.78 is 11.2. The van der Waals surface area contributed by atoms with Crippen molar-refractivity contribution < 1.29 is 19.1 Å².